The Labute approximate surface area is 343 Å². The summed E-state index contributed by atoms with van der Waals surface area (Å²) >= 11 is 1.57. The van der Waals surface area contributed by atoms with Crippen molar-refractivity contribution >= 4 is 52.7 Å². The molecule has 8 rings (SSSR count). The first-order chi connectivity index (χ1) is 26.5. The Kier molecular flexibility index (Phi) is 12.0. The van der Waals surface area contributed by atoms with Gasteiger partial charge in [-0.25, -0.2) is 4.79 Å². The Bertz CT molecular complexity index is 2150. The first kappa shape index (κ1) is 38.3. The smallest absolute Gasteiger partial charge is 0.356 e. The highest BCUT2D eigenvalue weighted by Crippen LogP contribution is 2.58. The van der Waals surface area contributed by atoms with Crippen LogP contribution in [0.3, 0.4) is 0 Å². The molecule has 2 atom stereocenters. The number of ether oxygens (including phenoxy) is 1. The average Bonchev–Trinajstić information content (AvgIpc) is 3.25. The number of nitrogens with one attached hydrogen (secondary N) is 1. The van der Waals surface area contributed by atoms with Gasteiger partial charge in [0.15, 0.2) is 6.10 Å². The lowest BCUT2D eigenvalue weighted by atomic mass is 10.0. The van der Waals surface area contributed by atoms with Crippen molar-refractivity contribution < 1.29 is 43.1 Å². The fourth-order valence-electron chi connectivity index (χ4n) is 7.41. The van der Waals surface area contributed by atoms with Gasteiger partial charge in [0.05, 0.1) is 6.16 Å². The highest BCUT2D eigenvalue weighted by atomic mass is 127. The topological polar surface area (TPSA) is 75.7 Å². The third-order valence-corrected chi connectivity index (χ3v) is 15.7. The van der Waals surface area contributed by atoms with Gasteiger partial charge in [-0.15, -0.1) is 11.8 Å². The van der Waals surface area contributed by atoms with Gasteiger partial charge in [-0.05, 0) is 59.7 Å². The van der Waals surface area contributed by atoms with Crippen LogP contribution in [0.5, 0.6) is 0 Å². The molecule has 0 aliphatic carbocycles. The summed E-state index contributed by atoms with van der Waals surface area (Å²) in [5.74, 6) is -0.753. The van der Waals surface area contributed by atoms with Crippen LogP contribution in [0.4, 0.5) is 0 Å². The van der Waals surface area contributed by atoms with Gasteiger partial charge in [0.2, 0.25) is 0 Å². The summed E-state index contributed by atoms with van der Waals surface area (Å²) in [5.41, 5.74) is 3.22. The summed E-state index contributed by atoms with van der Waals surface area (Å²) in [4.78, 5) is 44.1. The van der Waals surface area contributed by atoms with E-state index < -0.39 is 30.8 Å². The second-order valence-corrected chi connectivity index (χ2v) is 17.9. The van der Waals surface area contributed by atoms with E-state index in [1.807, 2.05) is 84.9 Å². The van der Waals surface area contributed by atoms with Gasteiger partial charge in [-0.1, -0.05) is 133 Å². The van der Waals surface area contributed by atoms with Crippen molar-refractivity contribution in [2.75, 3.05) is 11.9 Å². The van der Waals surface area contributed by atoms with E-state index in [9.17, 15) is 14.4 Å². The first-order valence-electron chi connectivity index (χ1n) is 17.9. The molecule has 0 spiro atoms. The summed E-state index contributed by atoms with van der Waals surface area (Å²) in [6.45, 7) is 0. The molecular formula is C46H38IN2O4PS. The fourth-order valence-corrected chi connectivity index (χ4v) is 13.2. The van der Waals surface area contributed by atoms with Crippen molar-refractivity contribution in [3.8, 4) is 0 Å². The molecule has 1 saturated heterocycles. The Morgan fingerprint density at radius 1 is 0.655 bits per heavy atom. The lowest BCUT2D eigenvalue weighted by Crippen LogP contribution is -3.00. The van der Waals surface area contributed by atoms with Crippen LogP contribution in [0, 0.1) is 0 Å². The molecule has 2 aliphatic heterocycles. The number of fused-ring (bicyclic) bond motifs is 1. The molecule has 9 heteroatoms. The van der Waals surface area contributed by atoms with E-state index in [0.29, 0.717) is 17.5 Å². The molecule has 2 heterocycles. The number of carbonyl (C=O) groups excluding carboxylic acids is 3. The van der Waals surface area contributed by atoms with Gasteiger partial charge in [0.25, 0.3) is 11.8 Å². The zero-order valence-corrected chi connectivity index (χ0v) is 33.6. The van der Waals surface area contributed by atoms with Crippen molar-refractivity contribution in [3.63, 3.8) is 0 Å². The van der Waals surface area contributed by atoms with Crippen LogP contribution in [-0.2, 0) is 14.3 Å². The van der Waals surface area contributed by atoms with Gasteiger partial charge >= 0.3 is 5.97 Å². The lowest BCUT2D eigenvalue weighted by Gasteiger charge is -2.50. The number of rotatable bonds is 11. The van der Waals surface area contributed by atoms with Crippen LogP contribution in [0.15, 0.2) is 193 Å². The van der Waals surface area contributed by atoms with Crippen LogP contribution < -0.4 is 45.2 Å². The third-order valence-electron chi connectivity index (χ3n) is 10.0. The maximum atomic E-state index is 15.0. The third kappa shape index (κ3) is 7.64. The van der Waals surface area contributed by atoms with E-state index in [4.69, 9.17) is 4.74 Å². The van der Waals surface area contributed by atoms with E-state index in [2.05, 4.69) is 78.1 Å². The number of hydrogen-bond acceptors (Lipinski definition) is 5. The molecule has 0 aromatic heterocycles. The van der Waals surface area contributed by atoms with Crippen LogP contribution in [0.2, 0.25) is 0 Å². The maximum Gasteiger partial charge on any atom is 0.356 e. The minimum Gasteiger partial charge on any atom is -1.00 e. The molecule has 2 amide bonds. The van der Waals surface area contributed by atoms with Crippen LogP contribution in [-0.4, -0.2) is 46.0 Å². The molecule has 2 aliphatic rings. The minimum atomic E-state index is -2.46. The lowest BCUT2D eigenvalue weighted by molar-refractivity contribution is -0.153. The molecule has 0 radical (unpaired) electrons. The van der Waals surface area contributed by atoms with Crippen molar-refractivity contribution in [3.05, 3.63) is 210 Å². The molecule has 55 heavy (non-hydrogen) atoms. The minimum absolute atomic E-state index is 0. The van der Waals surface area contributed by atoms with E-state index in [1.54, 1.807) is 40.9 Å². The van der Waals surface area contributed by atoms with Crippen LogP contribution >= 0.6 is 19.0 Å². The molecule has 1 fully saturated rings. The molecule has 274 valence electrons. The van der Waals surface area contributed by atoms with Gasteiger partial charge < -0.3 is 34.0 Å². The highest BCUT2D eigenvalue weighted by molar-refractivity contribution is 8.00. The van der Waals surface area contributed by atoms with Gasteiger partial charge in [-0.2, -0.15) is 0 Å². The molecule has 0 unspecified atom stereocenters. The zero-order valence-electron chi connectivity index (χ0n) is 29.8. The number of nitrogens with zero attached hydrogens (tertiary/aromatic N) is 1. The Morgan fingerprint density at radius 3 is 1.53 bits per heavy atom. The van der Waals surface area contributed by atoms with Crippen molar-refractivity contribution in [1.82, 2.24) is 10.2 Å². The van der Waals surface area contributed by atoms with E-state index in [-0.39, 0.29) is 41.5 Å². The Morgan fingerprint density at radius 2 is 1.07 bits per heavy atom. The standard InChI is InChI=1S/C46H37N2O4PS.HI/c49-43(35-23-11-3-12-24-35)47-40-44(50)48-41(46(51)52-42(33-19-7-1-8-20-33)34-21-9-2-10-22-34)36(32-54-45(40)48)31-53(37-25-13-4-14-26-37,38-27-15-5-16-28-38)39-29-17-6-18-30-39;/h1-30,40,42,45H,31-32H2;1H/t40-,45-;/m1./s1. The SMILES string of the molecule is O=C(OC(c1ccccc1)c1ccccc1)C1=C(C[P+](c2ccccc2)(c2ccccc2)c2ccccc2)CS[C@@H]2[C@H](NC(=O)c3ccccc3)C(=O)N12.[I-]. The molecular weight excluding hydrogens is 834 g/mol. The van der Waals surface area contributed by atoms with Crippen molar-refractivity contribution in [2.24, 2.45) is 0 Å². The van der Waals surface area contributed by atoms with E-state index >= 15 is 0 Å². The molecule has 6 aromatic carbocycles. The quantitative estimate of drug-likeness (QED) is 0.0912. The number of carbonyl (C=O) groups is 3. The number of thioether (sulfide) groups is 1. The number of halogens is 1. The zero-order chi connectivity index (χ0) is 36.9. The van der Waals surface area contributed by atoms with Gasteiger partial charge in [-0.3, -0.25) is 14.5 Å². The molecule has 6 nitrogen and oxygen atoms in total. The maximum absolute atomic E-state index is 15.0. The average molecular weight is 873 g/mol. The molecule has 0 bridgehead atoms. The number of hydrogen-bond donors (Lipinski definition) is 1. The summed E-state index contributed by atoms with van der Waals surface area (Å²) in [6, 6.07) is 58.9. The van der Waals surface area contributed by atoms with E-state index in [0.717, 1.165) is 16.7 Å². The fraction of sp³-hybridized carbons (Fsp3) is 0.109. The van der Waals surface area contributed by atoms with Crippen LogP contribution in [0.25, 0.3) is 0 Å². The normalized spacial score (nSPS) is 16.4. The molecule has 0 saturated carbocycles. The number of β-lactam (4-membered cyclic amide) rings is 1. The van der Waals surface area contributed by atoms with Gasteiger partial charge in [0.1, 0.15) is 40.3 Å². The summed E-state index contributed by atoms with van der Waals surface area (Å²) in [5, 5.41) is 6.00. The summed E-state index contributed by atoms with van der Waals surface area (Å²) in [6.07, 6.45) is -0.190. The first-order valence-corrected chi connectivity index (χ1v) is 21.0. The van der Waals surface area contributed by atoms with Gasteiger partial charge in [0, 0.05) is 16.9 Å². The monoisotopic (exact) mass is 872 g/mol. The molecule has 6 aromatic rings. The summed E-state index contributed by atoms with van der Waals surface area (Å²) < 4.78 is 6.54. The number of esters is 1. The largest absolute Gasteiger partial charge is 1.00 e. The summed E-state index contributed by atoms with van der Waals surface area (Å²) in [7, 11) is -2.46. The Hall–Kier alpha value is -5.02. The highest BCUT2D eigenvalue weighted by Gasteiger charge is 2.57. The molecule has 1 N–H and O–H groups in total. The second-order valence-electron chi connectivity index (χ2n) is 13.3. The number of benzene rings is 6. The Balaban J connectivity index is 0.00000465. The predicted octanol–water partition coefficient (Wildman–Crippen LogP) is 4.29. The second kappa shape index (κ2) is 17.2. The van der Waals surface area contributed by atoms with Crippen LogP contribution in [0.1, 0.15) is 27.6 Å². The van der Waals surface area contributed by atoms with Crippen molar-refractivity contribution in [2.45, 2.75) is 17.5 Å². The van der Waals surface area contributed by atoms with Crippen molar-refractivity contribution in [1.29, 1.82) is 0 Å². The predicted molar refractivity (Wildman–Crippen MR) is 219 cm³/mol. The van der Waals surface area contributed by atoms with E-state index in [1.165, 1.54) is 15.9 Å². The number of amides is 2.